The smallest absolute Gasteiger partial charge is 0.294 e. The van der Waals surface area contributed by atoms with E-state index in [2.05, 4.69) is 26.1 Å². The summed E-state index contributed by atoms with van der Waals surface area (Å²) in [6.07, 6.45) is 0.354. The van der Waals surface area contributed by atoms with Gasteiger partial charge in [-0.15, -0.1) is 0 Å². The van der Waals surface area contributed by atoms with E-state index in [0.717, 1.165) is 5.69 Å². The normalized spacial score (nSPS) is 16.7. The summed E-state index contributed by atoms with van der Waals surface area (Å²) in [5.41, 5.74) is 2.14. The van der Waals surface area contributed by atoms with E-state index in [1.54, 1.807) is 4.90 Å². The molecule has 0 unspecified atom stereocenters. The number of imide groups is 1. The molecular formula is C14H18N2O2. The van der Waals surface area contributed by atoms with Gasteiger partial charge in [-0.3, -0.25) is 15.0 Å². The van der Waals surface area contributed by atoms with Gasteiger partial charge in [0.25, 0.3) is 0 Å². The second-order valence-corrected chi connectivity index (χ2v) is 5.55. The van der Waals surface area contributed by atoms with Gasteiger partial charge in [-0.25, -0.2) is 4.79 Å². The van der Waals surface area contributed by atoms with E-state index in [1.165, 1.54) is 5.56 Å². The van der Waals surface area contributed by atoms with Gasteiger partial charge >= 0.3 is 6.03 Å². The van der Waals surface area contributed by atoms with Gasteiger partial charge in [-0.1, -0.05) is 32.9 Å². The van der Waals surface area contributed by atoms with Crippen molar-refractivity contribution in [1.82, 2.24) is 5.32 Å². The number of benzene rings is 1. The SMILES string of the molecule is CC(C)(C)c1ccc(N2CCC(=O)NC2=O)cc1. The van der Waals surface area contributed by atoms with Crippen molar-refractivity contribution < 1.29 is 9.59 Å². The first-order chi connectivity index (χ1) is 8.38. The molecule has 2 rings (SSSR count). The number of carbonyl (C=O) groups excluding carboxylic acids is 2. The van der Waals surface area contributed by atoms with Gasteiger partial charge in [0.15, 0.2) is 0 Å². The van der Waals surface area contributed by atoms with Gasteiger partial charge < -0.3 is 0 Å². The molecule has 1 aromatic rings. The highest BCUT2D eigenvalue weighted by Crippen LogP contribution is 2.25. The zero-order valence-corrected chi connectivity index (χ0v) is 11.0. The average molecular weight is 246 g/mol. The largest absolute Gasteiger partial charge is 0.328 e. The van der Waals surface area contributed by atoms with Crippen LogP contribution in [0.1, 0.15) is 32.8 Å². The molecule has 0 saturated carbocycles. The average Bonchev–Trinajstić information content (AvgIpc) is 2.28. The molecule has 1 aromatic carbocycles. The van der Waals surface area contributed by atoms with Gasteiger partial charge in [0, 0.05) is 18.7 Å². The number of urea groups is 1. The molecule has 1 fully saturated rings. The summed E-state index contributed by atoms with van der Waals surface area (Å²) in [4.78, 5) is 24.3. The van der Waals surface area contributed by atoms with Crippen LogP contribution in [0.3, 0.4) is 0 Å². The van der Waals surface area contributed by atoms with Crippen molar-refractivity contribution in [3.05, 3.63) is 29.8 Å². The summed E-state index contributed by atoms with van der Waals surface area (Å²) >= 11 is 0. The second kappa shape index (κ2) is 4.44. The van der Waals surface area contributed by atoms with E-state index in [0.29, 0.717) is 13.0 Å². The van der Waals surface area contributed by atoms with Crippen molar-refractivity contribution >= 4 is 17.6 Å². The monoisotopic (exact) mass is 246 g/mol. The first kappa shape index (κ1) is 12.6. The Labute approximate surface area is 107 Å². The number of amides is 3. The molecule has 0 aliphatic carbocycles. The van der Waals surface area contributed by atoms with E-state index >= 15 is 0 Å². The highest BCUT2D eigenvalue weighted by atomic mass is 16.2. The predicted molar refractivity (Wildman–Crippen MR) is 70.6 cm³/mol. The van der Waals surface area contributed by atoms with Gasteiger partial charge in [-0.2, -0.15) is 0 Å². The molecule has 0 atom stereocenters. The molecule has 0 bridgehead atoms. The van der Waals surface area contributed by atoms with Crippen LogP contribution in [0.25, 0.3) is 0 Å². The Kier molecular flexibility index (Phi) is 3.11. The molecule has 0 radical (unpaired) electrons. The third-order valence-corrected chi connectivity index (χ3v) is 3.10. The van der Waals surface area contributed by atoms with E-state index < -0.39 is 0 Å². The number of nitrogens with one attached hydrogen (secondary N) is 1. The molecule has 0 aromatic heterocycles. The Hall–Kier alpha value is -1.84. The van der Waals surface area contributed by atoms with E-state index in [-0.39, 0.29) is 17.4 Å². The van der Waals surface area contributed by atoms with Crippen LogP contribution in [0.15, 0.2) is 24.3 Å². The molecule has 4 nitrogen and oxygen atoms in total. The van der Waals surface area contributed by atoms with E-state index in [9.17, 15) is 9.59 Å². The first-order valence-electron chi connectivity index (χ1n) is 6.10. The quantitative estimate of drug-likeness (QED) is 0.827. The van der Waals surface area contributed by atoms with E-state index in [4.69, 9.17) is 0 Å². The molecule has 96 valence electrons. The lowest BCUT2D eigenvalue weighted by Gasteiger charge is -2.27. The minimum atomic E-state index is -0.338. The van der Waals surface area contributed by atoms with Crippen molar-refractivity contribution in [2.45, 2.75) is 32.6 Å². The van der Waals surface area contributed by atoms with Gasteiger partial charge in [0.05, 0.1) is 0 Å². The van der Waals surface area contributed by atoms with Crippen LogP contribution >= 0.6 is 0 Å². The molecule has 1 heterocycles. The second-order valence-electron chi connectivity index (χ2n) is 5.55. The topological polar surface area (TPSA) is 49.4 Å². The maximum atomic E-state index is 11.7. The van der Waals surface area contributed by atoms with Gasteiger partial charge in [-0.05, 0) is 23.1 Å². The fourth-order valence-corrected chi connectivity index (χ4v) is 1.95. The molecular weight excluding hydrogens is 228 g/mol. The van der Waals surface area contributed by atoms with Crippen molar-refractivity contribution in [3.63, 3.8) is 0 Å². The molecule has 1 aliphatic rings. The minimum Gasteiger partial charge on any atom is -0.294 e. The van der Waals surface area contributed by atoms with Crippen LogP contribution in [0.4, 0.5) is 10.5 Å². The minimum absolute atomic E-state index is 0.0959. The number of anilines is 1. The summed E-state index contributed by atoms with van der Waals surface area (Å²) in [6.45, 7) is 6.89. The van der Waals surface area contributed by atoms with Crippen molar-refractivity contribution in [1.29, 1.82) is 0 Å². The molecule has 1 saturated heterocycles. The maximum Gasteiger partial charge on any atom is 0.328 e. The maximum absolute atomic E-state index is 11.7. The Morgan fingerprint density at radius 2 is 1.72 bits per heavy atom. The van der Waals surface area contributed by atoms with Crippen LogP contribution in [0.5, 0.6) is 0 Å². The Morgan fingerprint density at radius 1 is 1.11 bits per heavy atom. The van der Waals surface area contributed by atoms with E-state index in [1.807, 2.05) is 24.3 Å². The number of hydrogen-bond acceptors (Lipinski definition) is 2. The van der Waals surface area contributed by atoms with Crippen molar-refractivity contribution in [2.24, 2.45) is 0 Å². The standard InChI is InChI=1S/C14H18N2O2/c1-14(2,3)10-4-6-11(7-5-10)16-9-8-12(17)15-13(16)18/h4-7H,8-9H2,1-3H3,(H,15,17,18). The molecule has 4 heteroatoms. The molecule has 1 N–H and O–H groups in total. The zero-order valence-electron chi connectivity index (χ0n) is 11.0. The Morgan fingerprint density at radius 3 is 2.22 bits per heavy atom. The fraction of sp³-hybridized carbons (Fsp3) is 0.429. The summed E-state index contributed by atoms with van der Waals surface area (Å²) in [7, 11) is 0. The summed E-state index contributed by atoms with van der Waals surface area (Å²) in [5.74, 6) is -0.206. The first-order valence-corrected chi connectivity index (χ1v) is 6.10. The molecule has 0 spiro atoms. The number of nitrogens with zero attached hydrogens (tertiary/aromatic N) is 1. The molecule has 1 aliphatic heterocycles. The Bertz CT molecular complexity index is 472. The van der Waals surface area contributed by atoms with Crippen LogP contribution in [0, 0.1) is 0 Å². The lowest BCUT2D eigenvalue weighted by Crippen LogP contribution is -2.49. The molecule has 3 amide bonds. The predicted octanol–water partition coefficient (Wildman–Crippen LogP) is 2.43. The van der Waals surface area contributed by atoms with Gasteiger partial charge in [0.2, 0.25) is 5.91 Å². The lowest BCUT2D eigenvalue weighted by atomic mass is 9.87. The van der Waals surface area contributed by atoms with Crippen LogP contribution in [0.2, 0.25) is 0 Å². The fourth-order valence-electron chi connectivity index (χ4n) is 1.95. The number of rotatable bonds is 1. The third kappa shape index (κ3) is 2.53. The van der Waals surface area contributed by atoms with Crippen LogP contribution in [-0.2, 0) is 10.2 Å². The van der Waals surface area contributed by atoms with Crippen LogP contribution in [-0.4, -0.2) is 18.5 Å². The summed E-state index contributed by atoms with van der Waals surface area (Å²) in [6, 6.07) is 7.57. The van der Waals surface area contributed by atoms with Crippen molar-refractivity contribution in [2.75, 3.05) is 11.4 Å². The third-order valence-electron chi connectivity index (χ3n) is 3.10. The van der Waals surface area contributed by atoms with Crippen molar-refractivity contribution in [3.8, 4) is 0 Å². The van der Waals surface area contributed by atoms with Gasteiger partial charge in [0.1, 0.15) is 0 Å². The lowest BCUT2D eigenvalue weighted by molar-refractivity contribution is -0.120. The highest BCUT2D eigenvalue weighted by molar-refractivity contribution is 6.05. The number of hydrogen-bond donors (Lipinski definition) is 1. The van der Waals surface area contributed by atoms with Crippen LogP contribution < -0.4 is 10.2 Å². The zero-order chi connectivity index (χ0) is 13.3. The number of carbonyl (C=O) groups is 2. The molecule has 18 heavy (non-hydrogen) atoms. The Balaban J connectivity index is 2.20. The highest BCUT2D eigenvalue weighted by Gasteiger charge is 2.24. The summed E-state index contributed by atoms with van der Waals surface area (Å²) < 4.78 is 0. The summed E-state index contributed by atoms with van der Waals surface area (Å²) in [5, 5.41) is 2.32.